The molecule has 2 nitrogen and oxygen atoms in total. The third-order valence-corrected chi connectivity index (χ3v) is 3.86. The van der Waals surface area contributed by atoms with Crippen LogP contribution in [0.2, 0.25) is 0 Å². The minimum atomic E-state index is -0.869. The average Bonchev–Trinajstić information content (AvgIpc) is 2.77. The van der Waals surface area contributed by atoms with Crippen molar-refractivity contribution in [2.24, 2.45) is 0 Å². The van der Waals surface area contributed by atoms with E-state index in [-0.39, 0.29) is 5.82 Å². The van der Waals surface area contributed by atoms with E-state index in [0.717, 1.165) is 9.75 Å². The Bertz CT molecular complexity index is 548. The molecule has 0 saturated heterocycles. The zero-order valence-electron chi connectivity index (χ0n) is 9.18. The summed E-state index contributed by atoms with van der Waals surface area (Å²) in [5.74, 6) is -1.71. The van der Waals surface area contributed by atoms with E-state index in [1.54, 1.807) is 37.3 Å². The Hall–Kier alpha value is -1.68. The van der Waals surface area contributed by atoms with Gasteiger partial charge in [-0.1, -0.05) is 18.2 Å². The molecule has 1 N–H and O–H groups in total. The van der Waals surface area contributed by atoms with Crippen LogP contribution in [0.25, 0.3) is 10.4 Å². The minimum absolute atomic E-state index is 0.288. The van der Waals surface area contributed by atoms with Gasteiger partial charge in [-0.2, -0.15) is 0 Å². The highest BCUT2D eigenvalue weighted by atomic mass is 32.1. The van der Waals surface area contributed by atoms with Crippen LogP contribution in [0, 0.1) is 5.82 Å². The third-order valence-electron chi connectivity index (χ3n) is 2.56. The van der Waals surface area contributed by atoms with Crippen LogP contribution in [-0.4, -0.2) is 11.1 Å². The van der Waals surface area contributed by atoms with Crippen LogP contribution in [0.4, 0.5) is 4.39 Å². The first-order valence-corrected chi connectivity index (χ1v) is 5.98. The molecule has 4 heteroatoms. The predicted octanol–water partition coefficient (Wildman–Crippen LogP) is 3.74. The van der Waals surface area contributed by atoms with E-state index in [1.165, 1.54) is 17.4 Å². The lowest BCUT2D eigenvalue weighted by Gasteiger charge is -2.01. The van der Waals surface area contributed by atoms with Crippen molar-refractivity contribution >= 4 is 17.3 Å². The first-order valence-electron chi connectivity index (χ1n) is 5.17. The minimum Gasteiger partial charge on any atom is -0.481 e. The molecule has 88 valence electrons. The van der Waals surface area contributed by atoms with Crippen molar-refractivity contribution in [3.8, 4) is 10.4 Å². The standard InChI is InChI=1S/C13H11FO2S/c1-8(13(15)16)11-6-7-12(17-11)9-4-2-3-5-10(9)14/h2-8H,1H3,(H,15,16). The molecule has 1 heterocycles. The molecular weight excluding hydrogens is 239 g/mol. The molecule has 0 saturated carbocycles. The number of rotatable bonds is 3. The fourth-order valence-corrected chi connectivity index (χ4v) is 2.59. The molecule has 0 spiro atoms. The van der Waals surface area contributed by atoms with Gasteiger partial charge >= 0.3 is 5.97 Å². The SMILES string of the molecule is CC(C(=O)O)c1ccc(-c2ccccc2F)s1. The van der Waals surface area contributed by atoms with Gasteiger partial charge in [-0.3, -0.25) is 4.79 Å². The second kappa shape index (κ2) is 4.67. The Morgan fingerprint density at radius 3 is 2.65 bits per heavy atom. The van der Waals surface area contributed by atoms with E-state index in [0.29, 0.717) is 5.56 Å². The van der Waals surface area contributed by atoms with Crippen molar-refractivity contribution in [3.63, 3.8) is 0 Å². The van der Waals surface area contributed by atoms with Crippen LogP contribution >= 0.6 is 11.3 Å². The molecule has 1 unspecified atom stereocenters. The number of aliphatic carboxylic acids is 1. The Balaban J connectivity index is 2.37. The molecular formula is C13H11FO2S. The number of hydrogen-bond donors (Lipinski definition) is 1. The van der Waals surface area contributed by atoms with Crippen LogP contribution in [0.3, 0.4) is 0 Å². The topological polar surface area (TPSA) is 37.3 Å². The van der Waals surface area contributed by atoms with Crippen LogP contribution in [0.5, 0.6) is 0 Å². The molecule has 0 radical (unpaired) electrons. The summed E-state index contributed by atoms with van der Waals surface area (Å²) in [6, 6.07) is 9.99. The summed E-state index contributed by atoms with van der Waals surface area (Å²) in [7, 11) is 0. The molecule has 2 rings (SSSR count). The molecule has 0 aliphatic heterocycles. The van der Waals surface area contributed by atoms with E-state index in [4.69, 9.17) is 5.11 Å². The summed E-state index contributed by atoms with van der Waals surface area (Å²) in [6.07, 6.45) is 0. The zero-order valence-corrected chi connectivity index (χ0v) is 10.00. The van der Waals surface area contributed by atoms with Gasteiger partial charge in [0.2, 0.25) is 0 Å². The number of benzene rings is 1. The fraction of sp³-hybridized carbons (Fsp3) is 0.154. The molecule has 0 aliphatic rings. The van der Waals surface area contributed by atoms with Crippen molar-refractivity contribution in [3.05, 3.63) is 47.1 Å². The molecule has 0 bridgehead atoms. The first-order chi connectivity index (χ1) is 8.09. The first kappa shape index (κ1) is 11.8. The number of carbonyl (C=O) groups is 1. The summed E-state index contributed by atoms with van der Waals surface area (Å²) in [5.41, 5.74) is 0.515. The van der Waals surface area contributed by atoms with Crippen molar-refractivity contribution in [1.82, 2.24) is 0 Å². The number of thiophene rings is 1. The van der Waals surface area contributed by atoms with E-state index in [9.17, 15) is 9.18 Å². The highest BCUT2D eigenvalue weighted by Gasteiger charge is 2.17. The molecule has 0 fully saturated rings. The third kappa shape index (κ3) is 2.36. The van der Waals surface area contributed by atoms with E-state index < -0.39 is 11.9 Å². The normalized spacial score (nSPS) is 12.4. The summed E-state index contributed by atoms with van der Waals surface area (Å²) in [6.45, 7) is 1.62. The molecule has 1 aromatic carbocycles. The van der Waals surface area contributed by atoms with Gasteiger partial charge < -0.3 is 5.11 Å². The summed E-state index contributed by atoms with van der Waals surface area (Å²) >= 11 is 1.32. The maximum absolute atomic E-state index is 13.5. The smallest absolute Gasteiger partial charge is 0.311 e. The zero-order chi connectivity index (χ0) is 12.4. The highest BCUT2D eigenvalue weighted by molar-refractivity contribution is 7.15. The maximum Gasteiger partial charge on any atom is 0.311 e. The van der Waals surface area contributed by atoms with Gasteiger partial charge in [0.15, 0.2) is 0 Å². The van der Waals surface area contributed by atoms with E-state index in [1.807, 2.05) is 0 Å². The lowest BCUT2D eigenvalue weighted by molar-refractivity contribution is -0.138. The monoisotopic (exact) mass is 250 g/mol. The second-order valence-electron chi connectivity index (χ2n) is 3.74. The lowest BCUT2D eigenvalue weighted by Crippen LogP contribution is -2.04. The van der Waals surface area contributed by atoms with E-state index in [2.05, 4.69) is 0 Å². The largest absolute Gasteiger partial charge is 0.481 e. The maximum atomic E-state index is 13.5. The van der Waals surface area contributed by atoms with Crippen LogP contribution in [0.1, 0.15) is 17.7 Å². The van der Waals surface area contributed by atoms with Gasteiger partial charge in [0, 0.05) is 15.3 Å². The Morgan fingerprint density at radius 1 is 1.29 bits per heavy atom. The molecule has 0 aliphatic carbocycles. The van der Waals surface area contributed by atoms with Gasteiger partial charge in [-0.15, -0.1) is 11.3 Å². The molecule has 0 amide bonds. The fourth-order valence-electron chi connectivity index (χ4n) is 1.51. The summed E-state index contributed by atoms with van der Waals surface area (Å²) in [4.78, 5) is 12.3. The van der Waals surface area contributed by atoms with Crippen molar-refractivity contribution in [1.29, 1.82) is 0 Å². The quantitative estimate of drug-likeness (QED) is 0.901. The number of halogens is 1. The average molecular weight is 250 g/mol. The number of carboxylic acid groups (broad SMARTS) is 1. The van der Waals surface area contributed by atoms with Crippen molar-refractivity contribution < 1.29 is 14.3 Å². The van der Waals surface area contributed by atoms with Crippen LogP contribution in [0.15, 0.2) is 36.4 Å². The predicted molar refractivity (Wildman–Crippen MR) is 65.8 cm³/mol. The van der Waals surface area contributed by atoms with E-state index >= 15 is 0 Å². The Morgan fingerprint density at radius 2 is 2.00 bits per heavy atom. The molecule has 1 aromatic heterocycles. The second-order valence-corrected chi connectivity index (χ2v) is 4.86. The Labute approximate surface area is 102 Å². The van der Waals surface area contributed by atoms with Gasteiger partial charge in [0.25, 0.3) is 0 Å². The highest BCUT2D eigenvalue weighted by Crippen LogP contribution is 2.33. The number of hydrogen-bond acceptors (Lipinski definition) is 2. The lowest BCUT2D eigenvalue weighted by atomic mass is 10.1. The van der Waals surface area contributed by atoms with Crippen molar-refractivity contribution in [2.75, 3.05) is 0 Å². The van der Waals surface area contributed by atoms with Gasteiger partial charge in [-0.25, -0.2) is 4.39 Å². The molecule has 1 atom stereocenters. The van der Waals surface area contributed by atoms with Crippen molar-refractivity contribution in [2.45, 2.75) is 12.8 Å². The van der Waals surface area contributed by atoms with Gasteiger partial charge in [0.1, 0.15) is 5.82 Å². The van der Waals surface area contributed by atoms with Crippen LogP contribution in [-0.2, 0) is 4.79 Å². The molecule has 17 heavy (non-hydrogen) atoms. The van der Waals surface area contributed by atoms with Gasteiger partial charge in [0.05, 0.1) is 5.92 Å². The number of carboxylic acids is 1. The summed E-state index contributed by atoms with van der Waals surface area (Å²) in [5, 5.41) is 8.90. The summed E-state index contributed by atoms with van der Waals surface area (Å²) < 4.78 is 13.5. The van der Waals surface area contributed by atoms with Crippen LogP contribution < -0.4 is 0 Å². The van der Waals surface area contributed by atoms with Gasteiger partial charge in [-0.05, 0) is 25.1 Å². The Kier molecular flexibility index (Phi) is 3.24. The molecule has 2 aromatic rings.